The highest BCUT2D eigenvalue weighted by Crippen LogP contribution is 2.06. The van der Waals surface area contributed by atoms with Gasteiger partial charge in [-0.25, -0.2) is 0 Å². The number of carbonyl (C=O) groups is 1. The molecule has 0 N–H and O–H groups in total. The molecule has 0 saturated carbocycles. The maximum Gasteiger partial charge on any atom is 0.223 e. The summed E-state index contributed by atoms with van der Waals surface area (Å²) in [6, 6.07) is 0. The van der Waals surface area contributed by atoms with Crippen molar-refractivity contribution in [2.45, 2.75) is 46.5 Å². The molecule has 0 aliphatic carbocycles. The SMILES string of the molecule is CCCCN(CC)C(=O)CCSCCC. The monoisotopic (exact) mass is 231 g/mol. The molecular weight excluding hydrogens is 206 g/mol. The van der Waals surface area contributed by atoms with E-state index in [4.69, 9.17) is 0 Å². The number of hydrogen-bond donors (Lipinski definition) is 0. The lowest BCUT2D eigenvalue weighted by Crippen LogP contribution is -2.31. The van der Waals surface area contributed by atoms with Crippen LogP contribution in [0.3, 0.4) is 0 Å². The lowest BCUT2D eigenvalue weighted by Gasteiger charge is -2.20. The lowest BCUT2D eigenvalue weighted by molar-refractivity contribution is -0.130. The van der Waals surface area contributed by atoms with E-state index in [0.717, 1.165) is 31.7 Å². The normalized spacial score (nSPS) is 10.3. The number of hydrogen-bond acceptors (Lipinski definition) is 2. The van der Waals surface area contributed by atoms with Gasteiger partial charge in [0, 0.05) is 25.3 Å². The van der Waals surface area contributed by atoms with Crippen molar-refractivity contribution in [1.29, 1.82) is 0 Å². The minimum absolute atomic E-state index is 0.328. The summed E-state index contributed by atoms with van der Waals surface area (Å²) in [5.41, 5.74) is 0. The second-order valence-corrected chi connectivity index (χ2v) is 4.91. The van der Waals surface area contributed by atoms with Gasteiger partial charge >= 0.3 is 0 Å². The molecule has 0 saturated heterocycles. The quantitative estimate of drug-likeness (QED) is 0.568. The van der Waals surface area contributed by atoms with Crippen molar-refractivity contribution in [3.05, 3.63) is 0 Å². The lowest BCUT2D eigenvalue weighted by atomic mass is 10.3. The minimum atomic E-state index is 0.328. The number of rotatable bonds is 9. The molecule has 0 bridgehead atoms. The van der Waals surface area contributed by atoms with Crippen molar-refractivity contribution >= 4 is 17.7 Å². The summed E-state index contributed by atoms with van der Waals surface area (Å²) in [7, 11) is 0. The van der Waals surface area contributed by atoms with Gasteiger partial charge in [0.1, 0.15) is 0 Å². The van der Waals surface area contributed by atoms with Crippen LogP contribution in [0.1, 0.15) is 46.5 Å². The second-order valence-electron chi connectivity index (χ2n) is 3.69. The molecule has 0 heterocycles. The van der Waals surface area contributed by atoms with E-state index in [2.05, 4.69) is 20.8 Å². The van der Waals surface area contributed by atoms with Crippen LogP contribution in [-0.2, 0) is 4.79 Å². The van der Waals surface area contributed by atoms with Gasteiger partial charge in [0.2, 0.25) is 5.91 Å². The zero-order chi connectivity index (χ0) is 11.5. The molecule has 0 spiro atoms. The van der Waals surface area contributed by atoms with Crippen molar-refractivity contribution in [2.24, 2.45) is 0 Å². The molecule has 0 unspecified atom stereocenters. The number of nitrogens with zero attached hydrogens (tertiary/aromatic N) is 1. The molecule has 1 amide bonds. The van der Waals surface area contributed by atoms with Crippen molar-refractivity contribution in [2.75, 3.05) is 24.6 Å². The van der Waals surface area contributed by atoms with Crippen LogP contribution in [0.2, 0.25) is 0 Å². The van der Waals surface area contributed by atoms with Gasteiger partial charge in [0.25, 0.3) is 0 Å². The van der Waals surface area contributed by atoms with E-state index in [-0.39, 0.29) is 0 Å². The molecule has 0 atom stereocenters. The van der Waals surface area contributed by atoms with Crippen molar-refractivity contribution in [3.63, 3.8) is 0 Å². The Morgan fingerprint density at radius 2 is 1.87 bits per heavy atom. The number of amides is 1. The van der Waals surface area contributed by atoms with E-state index >= 15 is 0 Å². The zero-order valence-corrected chi connectivity index (χ0v) is 11.2. The molecule has 0 aromatic heterocycles. The maximum absolute atomic E-state index is 11.8. The Morgan fingerprint density at radius 1 is 1.13 bits per heavy atom. The van der Waals surface area contributed by atoms with Crippen LogP contribution in [0.25, 0.3) is 0 Å². The summed E-state index contributed by atoms with van der Waals surface area (Å²) >= 11 is 1.89. The third-order valence-electron chi connectivity index (χ3n) is 2.32. The first-order valence-electron chi connectivity index (χ1n) is 6.11. The van der Waals surface area contributed by atoms with Crippen LogP contribution >= 0.6 is 11.8 Å². The first kappa shape index (κ1) is 14.8. The van der Waals surface area contributed by atoms with E-state index in [0.29, 0.717) is 12.3 Å². The van der Waals surface area contributed by atoms with Crippen LogP contribution in [0.15, 0.2) is 0 Å². The van der Waals surface area contributed by atoms with Crippen LogP contribution in [-0.4, -0.2) is 35.4 Å². The molecular formula is C12H25NOS. The minimum Gasteiger partial charge on any atom is -0.343 e. The Kier molecular flexibility index (Phi) is 10.2. The van der Waals surface area contributed by atoms with E-state index in [9.17, 15) is 4.79 Å². The standard InChI is InChI=1S/C12H25NOS/c1-4-7-9-13(6-3)12(14)8-11-15-10-5-2/h4-11H2,1-3H3. The molecule has 90 valence electrons. The smallest absolute Gasteiger partial charge is 0.223 e. The van der Waals surface area contributed by atoms with Gasteiger partial charge in [0.15, 0.2) is 0 Å². The molecule has 0 aromatic rings. The predicted octanol–water partition coefficient (Wildman–Crippen LogP) is 3.17. The van der Waals surface area contributed by atoms with Gasteiger partial charge in [-0.2, -0.15) is 11.8 Å². The third-order valence-corrected chi connectivity index (χ3v) is 3.51. The number of carbonyl (C=O) groups excluding carboxylic acids is 1. The Morgan fingerprint density at radius 3 is 2.40 bits per heavy atom. The summed E-state index contributed by atoms with van der Waals surface area (Å²) in [5.74, 6) is 2.48. The Hall–Kier alpha value is -0.180. The van der Waals surface area contributed by atoms with Gasteiger partial charge < -0.3 is 4.90 Å². The van der Waals surface area contributed by atoms with E-state index in [1.807, 2.05) is 16.7 Å². The van der Waals surface area contributed by atoms with Gasteiger partial charge in [-0.05, 0) is 25.5 Å². The van der Waals surface area contributed by atoms with Crippen LogP contribution in [0.5, 0.6) is 0 Å². The summed E-state index contributed by atoms with van der Waals surface area (Å²) in [4.78, 5) is 13.7. The van der Waals surface area contributed by atoms with Gasteiger partial charge in [-0.1, -0.05) is 20.3 Å². The Balaban J connectivity index is 3.63. The Bertz CT molecular complexity index is 162. The summed E-state index contributed by atoms with van der Waals surface area (Å²) in [6.07, 6.45) is 4.20. The molecule has 0 fully saturated rings. The van der Waals surface area contributed by atoms with Crippen molar-refractivity contribution < 1.29 is 4.79 Å². The molecule has 2 nitrogen and oxygen atoms in total. The zero-order valence-electron chi connectivity index (χ0n) is 10.4. The maximum atomic E-state index is 11.8. The summed E-state index contributed by atoms with van der Waals surface area (Å²) in [5, 5.41) is 0. The van der Waals surface area contributed by atoms with Crippen molar-refractivity contribution in [3.8, 4) is 0 Å². The largest absolute Gasteiger partial charge is 0.343 e. The van der Waals surface area contributed by atoms with Crippen LogP contribution in [0.4, 0.5) is 0 Å². The average Bonchev–Trinajstić information content (AvgIpc) is 2.25. The predicted molar refractivity (Wildman–Crippen MR) is 69.4 cm³/mol. The molecule has 0 rings (SSSR count). The molecule has 0 radical (unpaired) electrons. The first-order chi connectivity index (χ1) is 7.26. The summed E-state index contributed by atoms with van der Waals surface area (Å²) in [6.45, 7) is 8.19. The molecule has 0 aliphatic rings. The van der Waals surface area contributed by atoms with E-state index in [1.54, 1.807) is 0 Å². The first-order valence-corrected chi connectivity index (χ1v) is 7.27. The fourth-order valence-corrected chi connectivity index (χ4v) is 2.18. The topological polar surface area (TPSA) is 20.3 Å². The fourth-order valence-electron chi connectivity index (χ4n) is 1.37. The van der Waals surface area contributed by atoms with E-state index in [1.165, 1.54) is 12.2 Å². The third kappa shape index (κ3) is 7.71. The van der Waals surface area contributed by atoms with Gasteiger partial charge in [0.05, 0.1) is 0 Å². The molecule has 3 heteroatoms. The van der Waals surface area contributed by atoms with Gasteiger partial charge in [-0.3, -0.25) is 4.79 Å². The van der Waals surface area contributed by atoms with Crippen LogP contribution < -0.4 is 0 Å². The number of unbranched alkanes of at least 4 members (excludes halogenated alkanes) is 1. The average molecular weight is 231 g/mol. The highest BCUT2D eigenvalue weighted by atomic mass is 32.2. The highest BCUT2D eigenvalue weighted by molar-refractivity contribution is 7.99. The van der Waals surface area contributed by atoms with Crippen molar-refractivity contribution in [1.82, 2.24) is 4.90 Å². The van der Waals surface area contributed by atoms with E-state index < -0.39 is 0 Å². The number of thioether (sulfide) groups is 1. The second kappa shape index (κ2) is 10.3. The molecule has 15 heavy (non-hydrogen) atoms. The fraction of sp³-hybridized carbons (Fsp3) is 0.917. The molecule has 0 aromatic carbocycles. The van der Waals surface area contributed by atoms with Gasteiger partial charge in [-0.15, -0.1) is 0 Å². The summed E-state index contributed by atoms with van der Waals surface area (Å²) < 4.78 is 0. The Labute approximate surface area is 98.8 Å². The highest BCUT2D eigenvalue weighted by Gasteiger charge is 2.09. The molecule has 0 aliphatic heterocycles. The van der Waals surface area contributed by atoms with Crippen LogP contribution in [0, 0.1) is 0 Å².